The monoisotopic (exact) mass is 430 g/mol. The van der Waals surface area contributed by atoms with Crippen LogP contribution in [-0.4, -0.2) is 39.5 Å². The summed E-state index contributed by atoms with van der Waals surface area (Å²) in [7, 11) is 0. The number of phenols is 2. The highest BCUT2D eigenvalue weighted by molar-refractivity contribution is 6.03. The number of aldehydes is 1. The van der Waals surface area contributed by atoms with Gasteiger partial charge in [0.1, 0.15) is 29.2 Å². The van der Waals surface area contributed by atoms with Gasteiger partial charge in [-0.1, -0.05) is 0 Å². The van der Waals surface area contributed by atoms with Crippen LogP contribution in [0, 0.1) is 6.92 Å². The van der Waals surface area contributed by atoms with Gasteiger partial charge in [0.25, 0.3) is 0 Å². The van der Waals surface area contributed by atoms with E-state index in [0.29, 0.717) is 0 Å². The Kier molecular flexibility index (Phi) is 4.55. The number of ether oxygens (including phenoxy) is 4. The summed E-state index contributed by atoms with van der Waals surface area (Å²) in [5.74, 6) is -5.33. The largest absolute Gasteiger partial charge is 0.507 e. The highest BCUT2D eigenvalue weighted by Gasteiger charge is 2.43. The van der Waals surface area contributed by atoms with Crippen molar-refractivity contribution in [1.29, 1.82) is 0 Å². The van der Waals surface area contributed by atoms with Crippen molar-refractivity contribution in [3.8, 4) is 28.7 Å². The van der Waals surface area contributed by atoms with E-state index in [0.717, 1.165) is 13.0 Å². The van der Waals surface area contributed by atoms with Crippen molar-refractivity contribution in [2.75, 3.05) is 0 Å². The summed E-state index contributed by atoms with van der Waals surface area (Å²) in [5.41, 5.74) is -1.53. The number of cyclic esters (lactones) is 1. The average molecular weight is 430 g/mol. The molecule has 0 saturated heterocycles. The first-order chi connectivity index (χ1) is 14.6. The van der Waals surface area contributed by atoms with E-state index < -0.39 is 59.4 Å². The Morgan fingerprint density at radius 3 is 2.48 bits per heavy atom. The normalized spacial score (nSPS) is 16.2. The number of carbonyl (C=O) groups is 4. The van der Waals surface area contributed by atoms with Gasteiger partial charge in [0.05, 0.1) is 16.7 Å². The first-order valence-corrected chi connectivity index (χ1v) is 8.81. The third kappa shape index (κ3) is 2.94. The van der Waals surface area contributed by atoms with E-state index >= 15 is 0 Å². The predicted molar refractivity (Wildman–Crippen MR) is 97.2 cm³/mol. The van der Waals surface area contributed by atoms with Crippen LogP contribution in [0.1, 0.15) is 61.0 Å². The summed E-state index contributed by atoms with van der Waals surface area (Å²) in [5, 5.41) is 30.9. The summed E-state index contributed by atoms with van der Waals surface area (Å²) in [6, 6.07) is 1.16. The lowest BCUT2D eigenvalue weighted by Crippen LogP contribution is -2.12. The second kappa shape index (κ2) is 6.99. The standard InChI is InChI=1S/C20H14O11/c1-6-3-10(23)8(4-21)15-11(6)18(25)30-16-9(5-28-7(2)22)14(24)12-13(17(16)29-15)20(27)31-19(12)26/h3-4,20,23-24,27H,5H2,1-2H3/t20-/m0/s1. The van der Waals surface area contributed by atoms with Crippen LogP contribution in [0.3, 0.4) is 0 Å². The topological polar surface area (TPSA) is 166 Å². The number of aromatic hydroxyl groups is 2. The summed E-state index contributed by atoms with van der Waals surface area (Å²) in [6.45, 7) is 1.94. The van der Waals surface area contributed by atoms with Gasteiger partial charge in [0.15, 0.2) is 23.5 Å². The molecule has 1 atom stereocenters. The molecular weight excluding hydrogens is 416 g/mol. The molecule has 0 bridgehead atoms. The van der Waals surface area contributed by atoms with Gasteiger partial charge in [-0.2, -0.15) is 0 Å². The maximum Gasteiger partial charge on any atom is 0.347 e. The number of phenolic OH excluding ortho intramolecular Hbond substituents is 2. The van der Waals surface area contributed by atoms with Crippen molar-refractivity contribution in [1.82, 2.24) is 0 Å². The van der Waals surface area contributed by atoms with E-state index in [9.17, 15) is 34.5 Å². The van der Waals surface area contributed by atoms with Gasteiger partial charge < -0.3 is 34.3 Å². The van der Waals surface area contributed by atoms with E-state index in [2.05, 4.69) is 0 Å². The van der Waals surface area contributed by atoms with Crippen LogP contribution in [0.15, 0.2) is 6.07 Å². The minimum absolute atomic E-state index is 0.200. The molecule has 0 amide bonds. The minimum Gasteiger partial charge on any atom is -0.507 e. The molecule has 11 heteroatoms. The Morgan fingerprint density at radius 2 is 1.84 bits per heavy atom. The van der Waals surface area contributed by atoms with Crippen molar-refractivity contribution in [2.24, 2.45) is 0 Å². The fourth-order valence-corrected chi connectivity index (χ4v) is 3.44. The summed E-state index contributed by atoms with van der Waals surface area (Å²) in [6.07, 6.45) is -1.63. The number of hydrogen-bond donors (Lipinski definition) is 3. The maximum atomic E-state index is 12.9. The van der Waals surface area contributed by atoms with Gasteiger partial charge in [-0.15, -0.1) is 0 Å². The number of hydrogen-bond acceptors (Lipinski definition) is 11. The molecular formula is C20H14O11. The van der Waals surface area contributed by atoms with Crippen LogP contribution < -0.4 is 9.47 Å². The third-order valence-electron chi connectivity index (χ3n) is 4.82. The molecule has 2 heterocycles. The maximum absolute atomic E-state index is 12.9. The molecule has 2 aliphatic heterocycles. The SMILES string of the molecule is CC(=O)OCc1c(O)c2c(c3c1OC(=O)c1c(C)cc(O)c(C=O)c1O3)[C@@H](O)OC2=O. The predicted octanol–water partition coefficient (Wildman–Crippen LogP) is 1.77. The molecule has 0 aromatic heterocycles. The number of carbonyl (C=O) groups excluding carboxylic acids is 4. The lowest BCUT2D eigenvalue weighted by Gasteiger charge is -2.17. The Morgan fingerprint density at radius 1 is 1.13 bits per heavy atom. The van der Waals surface area contributed by atoms with Crippen molar-refractivity contribution >= 4 is 24.2 Å². The number of benzene rings is 2. The quantitative estimate of drug-likeness (QED) is 0.369. The van der Waals surface area contributed by atoms with Gasteiger partial charge in [-0.25, -0.2) is 9.59 Å². The Bertz CT molecular complexity index is 1190. The second-order valence-electron chi connectivity index (χ2n) is 6.75. The molecule has 2 aromatic rings. The van der Waals surface area contributed by atoms with Crippen molar-refractivity contribution in [3.63, 3.8) is 0 Å². The van der Waals surface area contributed by atoms with E-state index in [1.54, 1.807) is 0 Å². The van der Waals surface area contributed by atoms with E-state index in [4.69, 9.17) is 18.9 Å². The fraction of sp³-hybridized carbons (Fsp3) is 0.200. The molecule has 0 radical (unpaired) electrons. The van der Waals surface area contributed by atoms with Crippen LogP contribution in [0.4, 0.5) is 0 Å². The van der Waals surface area contributed by atoms with Gasteiger partial charge >= 0.3 is 17.9 Å². The van der Waals surface area contributed by atoms with Crippen molar-refractivity contribution in [2.45, 2.75) is 26.7 Å². The molecule has 2 aromatic carbocycles. The molecule has 160 valence electrons. The van der Waals surface area contributed by atoms with Crippen LogP contribution in [-0.2, 0) is 20.9 Å². The molecule has 31 heavy (non-hydrogen) atoms. The Hall–Kier alpha value is -4.12. The van der Waals surface area contributed by atoms with Crippen molar-refractivity contribution in [3.05, 3.63) is 39.4 Å². The van der Waals surface area contributed by atoms with Crippen LogP contribution in [0.25, 0.3) is 0 Å². The summed E-state index contributed by atoms with van der Waals surface area (Å²) >= 11 is 0. The van der Waals surface area contributed by atoms with E-state index in [1.165, 1.54) is 6.92 Å². The lowest BCUT2D eigenvalue weighted by atomic mass is 10.0. The number of aliphatic hydroxyl groups excluding tert-OH is 1. The smallest absolute Gasteiger partial charge is 0.347 e. The zero-order chi connectivity index (χ0) is 22.6. The second-order valence-corrected chi connectivity index (χ2v) is 6.75. The molecule has 0 saturated carbocycles. The fourth-order valence-electron chi connectivity index (χ4n) is 3.44. The van der Waals surface area contributed by atoms with E-state index in [-0.39, 0.29) is 39.9 Å². The van der Waals surface area contributed by atoms with Crippen molar-refractivity contribution < 1.29 is 53.4 Å². The summed E-state index contributed by atoms with van der Waals surface area (Å²) in [4.78, 5) is 47.9. The van der Waals surface area contributed by atoms with Crippen LogP contribution in [0.5, 0.6) is 28.7 Å². The third-order valence-corrected chi connectivity index (χ3v) is 4.82. The molecule has 2 aliphatic rings. The number of aryl methyl sites for hydroxylation is 1. The van der Waals surface area contributed by atoms with E-state index in [1.807, 2.05) is 0 Å². The molecule has 11 nitrogen and oxygen atoms in total. The zero-order valence-corrected chi connectivity index (χ0v) is 16.0. The van der Waals surface area contributed by atoms with Crippen LogP contribution >= 0.6 is 0 Å². The number of aliphatic hydroxyl groups is 1. The van der Waals surface area contributed by atoms with Gasteiger partial charge in [-0.05, 0) is 18.6 Å². The molecule has 0 spiro atoms. The number of rotatable bonds is 3. The summed E-state index contributed by atoms with van der Waals surface area (Å²) < 4.78 is 20.7. The minimum atomic E-state index is -1.89. The molecule has 0 aliphatic carbocycles. The number of esters is 3. The average Bonchev–Trinajstić information content (AvgIpc) is 2.88. The molecule has 3 N–H and O–H groups in total. The first kappa shape index (κ1) is 20.2. The molecule has 0 fully saturated rings. The first-order valence-electron chi connectivity index (χ1n) is 8.81. The van der Waals surface area contributed by atoms with Gasteiger partial charge in [0, 0.05) is 6.92 Å². The molecule has 4 rings (SSSR count). The Balaban J connectivity index is 2.06. The van der Waals surface area contributed by atoms with Gasteiger partial charge in [0.2, 0.25) is 6.29 Å². The number of fused-ring (bicyclic) bond motifs is 4. The van der Waals surface area contributed by atoms with Gasteiger partial charge in [-0.3, -0.25) is 9.59 Å². The lowest BCUT2D eigenvalue weighted by molar-refractivity contribution is -0.142. The molecule has 0 unspecified atom stereocenters. The highest BCUT2D eigenvalue weighted by Crippen LogP contribution is 2.54. The Labute approximate surface area is 173 Å². The highest BCUT2D eigenvalue weighted by atomic mass is 16.6. The van der Waals surface area contributed by atoms with Crippen LogP contribution in [0.2, 0.25) is 0 Å². The zero-order valence-electron chi connectivity index (χ0n) is 16.0.